The Balaban J connectivity index is 1.57. The van der Waals surface area contributed by atoms with Gasteiger partial charge >= 0.3 is 0 Å². The van der Waals surface area contributed by atoms with Gasteiger partial charge in [-0.15, -0.1) is 11.3 Å². The topological polar surface area (TPSA) is 88.9 Å². The van der Waals surface area contributed by atoms with Crippen LogP contribution in [0.1, 0.15) is 9.67 Å². The molecule has 4 heterocycles. The molecule has 0 saturated carbocycles. The zero-order chi connectivity index (χ0) is 20.6. The van der Waals surface area contributed by atoms with Crippen LogP contribution in [0.3, 0.4) is 0 Å². The van der Waals surface area contributed by atoms with Gasteiger partial charge in [0.25, 0.3) is 5.91 Å². The number of rotatable bonds is 7. The largest absolute Gasteiger partial charge is 0.488 e. The number of amides is 1. The summed E-state index contributed by atoms with van der Waals surface area (Å²) in [6.45, 7) is 9.72. The maximum absolute atomic E-state index is 12.6. The number of hydrogen-bond acceptors (Lipinski definition) is 7. The lowest BCUT2D eigenvalue weighted by Crippen LogP contribution is -2.46. The molecule has 0 aromatic carbocycles. The van der Waals surface area contributed by atoms with Gasteiger partial charge in [0.1, 0.15) is 23.9 Å². The van der Waals surface area contributed by atoms with Crippen LogP contribution in [-0.4, -0.2) is 67.8 Å². The first-order valence-corrected chi connectivity index (χ1v) is 14.5. The Hall–Kier alpha value is -1.88. The smallest absolute Gasteiger partial charge is 0.263 e. The minimum atomic E-state index is -1.11. The molecule has 0 spiro atoms. The molecule has 0 unspecified atom stereocenters. The number of nitrogens with one attached hydrogen (secondary N) is 1. The molecular formula is C19H28N4O4SSi. The van der Waals surface area contributed by atoms with Crippen molar-refractivity contribution in [3.8, 4) is 16.2 Å². The number of carbonyl (C=O) groups excluding carboxylic acids is 1. The van der Waals surface area contributed by atoms with Crippen molar-refractivity contribution in [2.24, 2.45) is 0 Å². The molecule has 29 heavy (non-hydrogen) atoms. The van der Waals surface area contributed by atoms with Crippen LogP contribution < -0.4 is 15.0 Å². The molecule has 2 aromatic rings. The molecule has 0 fully saturated rings. The first-order chi connectivity index (χ1) is 13.9. The molecule has 1 amide bonds. The summed E-state index contributed by atoms with van der Waals surface area (Å²) in [4.78, 5) is 16.2. The number of aliphatic hydroxyl groups is 1. The van der Waals surface area contributed by atoms with Gasteiger partial charge in [-0.3, -0.25) is 4.79 Å². The molecule has 2 aliphatic rings. The summed E-state index contributed by atoms with van der Waals surface area (Å²) >= 11 is 1.41. The molecule has 0 bridgehead atoms. The Labute approximate surface area is 175 Å². The summed E-state index contributed by atoms with van der Waals surface area (Å²) in [5.74, 6) is 0.594. The zero-order valence-electron chi connectivity index (χ0n) is 17.1. The molecular weight excluding hydrogens is 408 g/mol. The summed E-state index contributed by atoms with van der Waals surface area (Å²) in [6, 6.07) is 0.973. The second-order valence-electron chi connectivity index (χ2n) is 8.64. The van der Waals surface area contributed by atoms with Crippen LogP contribution in [0, 0.1) is 0 Å². The van der Waals surface area contributed by atoms with E-state index in [2.05, 4.69) is 35.0 Å². The van der Waals surface area contributed by atoms with Crippen molar-refractivity contribution in [2.75, 3.05) is 37.8 Å². The quantitative estimate of drug-likeness (QED) is 0.511. The number of anilines is 1. The van der Waals surface area contributed by atoms with Crippen LogP contribution in [0.15, 0.2) is 12.4 Å². The summed E-state index contributed by atoms with van der Waals surface area (Å²) in [7, 11) is -1.11. The minimum absolute atomic E-state index is 0.0168. The first kappa shape index (κ1) is 20.4. The fourth-order valence-electron chi connectivity index (χ4n) is 3.52. The van der Waals surface area contributed by atoms with E-state index in [0.717, 1.165) is 28.8 Å². The molecule has 4 rings (SSSR count). The maximum atomic E-state index is 12.6. The fourth-order valence-corrected chi connectivity index (χ4v) is 5.42. The molecule has 0 saturated heterocycles. The molecule has 10 heteroatoms. The number of aromatic nitrogens is 2. The number of carbonyl (C=O) groups is 1. The van der Waals surface area contributed by atoms with E-state index in [0.29, 0.717) is 37.1 Å². The molecule has 8 nitrogen and oxygen atoms in total. The van der Waals surface area contributed by atoms with Gasteiger partial charge in [-0.2, -0.15) is 5.10 Å². The molecule has 2 aromatic heterocycles. The Morgan fingerprint density at radius 3 is 3.00 bits per heavy atom. The minimum Gasteiger partial charge on any atom is -0.488 e. The van der Waals surface area contributed by atoms with Gasteiger partial charge in [-0.1, -0.05) is 19.6 Å². The first-order valence-electron chi connectivity index (χ1n) is 9.93. The highest BCUT2D eigenvalue weighted by atomic mass is 32.1. The number of hydrogen-bond donors (Lipinski definition) is 2. The maximum Gasteiger partial charge on any atom is 0.263 e. The van der Waals surface area contributed by atoms with E-state index in [1.807, 2.05) is 6.20 Å². The Bertz CT molecular complexity index is 891. The predicted octanol–water partition coefficient (Wildman–Crippen LogP) is 2.23. The lowest BCUT2D eigenvalue weighted by Gasteiger charge is -2.34. The van der Waals surface area contributed by atoms with Crippen LogP contribution in [0.2, 0.25) is 25.7 Å². The van der Waals surface area contributed by atoms with Crippen LogP contribution in [-0.2, 0) is 11.5 Å². The Kier molecular flexibility index (Phi) is 5.69. The molecule has 2 aliphatic heterocycles. The van der Waals surface area contributed by atoms with Crippen LogP contribution in [0.25, 0.3) is 10.4 Å². The van der Waals surface area contributed by atoms with Crippen molar-refractivity contribution in [3.05, 3.63) is 17.3 Å². The number of thiophene rings is 1. The lowest BCUT2D eigenvalue weighted by atomic mass is 10.1. The van der Waals surface area contributed by atoms with Gasteiger partial charge in [-0.05, 0) is 6.04 Å². The van der Waals surface area contributed by atoms with Gasteiger partial charge in [0, 0.05) is 33.0 Å². The molecule has 0 aliphatic carbocycles. The second-order valence-corrected chi connectivity index (χ2v) is 15.3. The van der Waals surface area contributed by atoms with E-state index in [4.69, 9.17) is 9.47 Å². The third-order valence-corrected chi connectivity index (χ3v) is 8.09. The van der Waals surface area contributed by atoms with Crippen molar-refractivity contribution in [1.82, 2.24) is 15.1 Å². The van der Waals surface area contributed by atoms with E-state index in [9.17, 15) is 9.90 Å². The molecule has 1 atom stereocenters. The van der Waals surface area contributed by atoms with E-state index in [-0.39, 0.29) is 18.6 Å². The van der Waals surface area contributed by atoms with Gasteiger partial charge in [-0.25, -0.2) is 4.68 Å². The van der Waals surface area contributed by atoms with Crippen molar-refractivity contribution >= 4 is 31.0 Å². The zero-order valence-corrected chi connectivity index (χ0v) is 18.9. The van der Waals surface area contributed by atoms with Crippen LogP contribution in [0.5, 0.6) is 5.75 Å². The highest BCUT2D eigenvalue weighted by Gasteiger charge is 2.37. The third kappa shape index (κ3) is 4.20. The van der Waals surface area contributed by atoms with Gasteiger partial charge in [0.05, 0.1) is 30.3 Å². The highest BCUT2D eigenvalue weighted by molar-refractivity contribution is 7.18. The molecule has 158 valence electrons. The standard InChI is InChI=1S/C19H28N4O4SSi/c1-29(2,3)7-6-26-12-22-10-13(8-21-22)17-16-15-18(28-17)19(25)20-9-14(11-24)23(15)4-5-27-16/h8,10,14,24H,4-7,9,11-12H2,1-3H3,(H,20,25)/t14-/m0/s1. The second kappa shape index (κ2) is 8.09. The van der Waals surface area contributed by atoms with Crippen molar-refractivity contribution in [3.63, 3.8) is 0 Å². The van der Waals surface area contributed by atoms with E-state index in [1.54, 1.807) is 10.9 Å². The monoisotopic (exact) mass is 436 g/mol. The number of ether oxygens (including phenoxy) is 2. The van der Waals surface area contributed by atoms with Crippen molar-refractivity contribution in [1.29, 1.82) is 0 Å². The normalized spacial score (nSPS) is 18.8. The number of nitrogens with zero attached hydrogens (tertiary/aromatic N) is 3. The highest BCUT2D eigenvalue weighted by Crippen LogP contribution is 2.50. The van der Waals surface area contributed by atoms with Crippen LogP contribution >= 0.6 is 11.3 Å². The Morgan fingerprint density at radius 1 is 1.41 bits per heavy atom. The van der Waals surface area contributed by atoms with Gasteiger partial charge in [0.15, 0.2) is 5.75 Å². The fraction of sp³-hybridized carbons (Fsp3) is 0.579. The van der Waals surface area contributed by atoms with Gasteiger partial charge < -0.3 is 24.8 Å². The molecule has 0 radical (unpaired) electrons. The van der Waals surface area contributed by atoms with Crippen molar-refractivity contribution < 1.29 is 19.4 Å². The van der Waals surface area contributed by atoms with E-state index < -0.39 is 8.07 Å². The number of aliphatic hydroxyl groups excluding tert-OH is 1. The summed E-state index contributed by atoms with van der Waals surface area (Å²) in [5, 5.41) is 17.1. The average molecular weight is 437 g/mol. The molecule has 2 N–H and O–H groups in total. The third-order valence-electron chi connectivity index (χ3n) is 5.18. The van der Waals surface area contributed by atoms with E-state index >= 15 is 0 Å². The lowest BCUT2D eigenvalue weighted by molar-refractivity contribution is 0.0786. The summed E-state index contributed by atoms with van der Waals surface area (Å²) in [6.07, 6.45) is 3.72. The van der Waals surface area contributed by atoms with Crippen LogP contribution in [0.4, 0.5) is 5.69 Å². The summed E-state index contributed by atoms with van der Waals surface area (Å²) in [5.41, 5.74) is 1.70. The summed E-state index contributed by atoms with van der Waals surface area (Å²) < 4.78 is 13.5. The van der Waals surface area contributed by atoms with E-state index in [1.165, 1.54) is 11.3 Å². The SMILES string of the molecule is C[Si](C)(C)CCOCn1cc(-c2sc3c4c2OCCN4[C@H](CO)CNC3=O)cn1. The Morgan fingerprint density at radius 2 is 2.24 bits per heavy atom. The predicted molar refractivity (Wildman–Crippen MR) is 116 cm³/mol. The van der Waals surface area contributed by atoms with Gasteiger partial charge in [0.2, 0.25) is 0 Å². The van der Waals surface area contributed by atoms with Crippen molar-refractivity contribution in [2.45, 2.75) is 38.5 Å². The average Bonchev–Trinajstić information content (AvgIpc) is 3.26.